The van der Waals surface area contributed by atoms with Crippen LogP contribution >= 0.6 is 0 Å². The number of carbonyl (C=O) groups is 3. The fraction of sp³-hybridized carbons (Fsp3) is 0.609. The number of benzene rings is 1. The van der Waals surface area contributed by atoms with Crippen LogP contribution in [0.25, 0.3) is 0 Å². The number of ketones is 1. The normalized spacial score (nSPS) is 21.2. The Hall–Kier alpha value is -2.17. The average molecular weight is 385 g/mol. The molecular formula is C23H32N2O3. The van der Waals surface area contributed by atoms with E-state index in [2.05, 4.69) is 12.2 Å². The van der Waals surface area contributed by atoms with Crippen molar-refractivity contribution in [1.82, 2.24) is 5.32 Å². The molecule has 1 aromatic rings. The summed E-state index contributed by atoms with van der Waals surface area (Å²) in [6.07, 6.45) is 10.0. The lowest BCUT2D eigenvalue weighted by molar-refractivity contribution is -0.126. The minimum atomic E-state index is 0.0379. The third-order valence-electron chi connectivity index (χ3n) is 6.29. The van der Waals surface area contributed by atoms with Crippen LogP contribution in [-0.2, 0) is 16.0 Å². The molecule has 0 saturated heterocycles. The van der Waals surface area contributed by atoms with Gasteiger partial charge in [0.05, 0.1) is 0 Å². The summed E-state index contributed by atoms with van der Waals surface area (Å²) in [5, 5.41) is 2.97. The van der Waals surface area contributed by atoms with Crippen LogP contribution < -0.4 is 10.2 Å². The zero-order chi connectivity index (χ0) is 19.9. The number of unbranched alkanes of at least 4 members (excludes halogenated alkanes) is 1. The van der Waals surface area contributed by atoms with Gasteiger partial charge in [-0.3, -0.25) is 14.4 Å². The standard InChI is InChI=1S/C23H32N2O3/c1-2-3-4-17-5-7-18(8-6-17)23(28)24-13-11-22(27)20-9-10-21-19(15-20)12-14-25(21)16-26/h9-10,15-18H,2-8,11-14H2,1H3,(H,24,28). The second kappa shape index (κ2) is 9.85. The molecule has 0 aromatic heterocycles. The first-order valence-electron chi connectivity index (χ1n) is 10.8. The van der Waals surface area contributed by atoms with Gasteiger partial charge in [0.2, 0.25) is 12.3 Å². The second-order valence-electron chi connectivity index (χ2n) is 8.22. The summed E-state index contributed by atoms with van der Waals surface area (Å²) >= 11 is 0. The summed E-state index contributed by atoms with van der Waals surface area (Å²) in [6.45, 7) is 3.29. The molecule has 5 nitrogen and oxygen atoms in total. The molecule has 0 bridgehead atoms. The van der Waals surface area contributed by atoms with Gasteiger partial charge in [0.25, 0.3) is 0 Å². The molecule has 0 spiro atoms. The van der Waals surface area contributed by atoms with E-state index in [1.54, 1.807) is 11.0 Å². The highest BCUT2D eigenvalue weighted by molar-refractivity contribution is 5.97. The number of carbonyl (C=O) groups excluding carboxylic acids is 3. The lowest BCUT2D eigenvalue weighted by Gasteiger charge is -2.27. The topological polar surface area (TPSA) is 66.5 Å². The molecule has 5 heteroatoms. The molecular weight excluding hydrogens is 352 g/mol. The lowest BCUT2D eigenvalue weighted by Crippen LogP contribution is -2.34. The molecule has 0 unspecified atom stereocenters. The van der Waals surface area contributed by atoms with E-state index < -0.39 is 0 Å². The number of nitrogens with one attached hydrogen (secondary N) is 1. The number of hydrogen-bond acceptors (Lipinski definition) is 3. The van der Waals surface area contributed by atoms with Gasteiger partial charge in [-0.2, -0.15) is 0 Å². The number of rotatable bonds is 9. The van der Waals surface area contributed by atoms with E-state index in [9.17, 15) is 14.4 Å². The van der Waals surface area contributed by atoms with Crippen molar-refractivity contribution < 1.29 is 14.4 Å². The van der Waals surface area contributed by atoms with Crippen molar-refractivity contribution in [1.29, 1.82) is 0 Å². The van der Waals surface area contributed by atoms with Gasteiger partial charge < -0.3 is 10.2 Å². The molecule has 1 N–H and O–H groups in total. The van der Waals surface area contributed by atoms with Crippen molar-refractivity contribution >= 4 is 23.8 Å². The molecule has 1 heterocycles. The molecule has 1 aliphatic carbocycles. The van der Waals surface area contributed by atoms with Crippen LogP contribution in [0.4, 0.5) is 5.69 Å². The van der Waals surface area contributed by atoms with Gasteiger partial charge in [-0.1, -0.05) is 26.2 Å². The van der Waals surface area contributed by atoms with Gasteiger partial charge in [-0.25, -0.2) is 0 Å². The smallest absolute Gasteiger partial charge is 0.223 e. The largest absolute Gasteiger partial charge is 0.355 e. The van der Waals surface area contributed by atoms with Crippen LogP contribution in [0.15, 0.2) is 18.2 Å². The Morgan fingerprint density at radius 1 is 1.21 bits per heavy atom. The first-order valence-corrected chi connectivity index (χ1v) is 10.8. The van der Waals surface area contributed by atoms with Crippen LogP contribution in [-0.4, -0.2) is 31.2 Å². The van der Waals surface area contributed by atoms with Gasteiger partial charge in [-0.15, -0.1) is 0 Å². The van der Waals surface area contributed by atoms with Crippen molar-refractivity contribution in [3.8, 4) is 0 Å². The Bertz CT molecular complexity index is 708. The molecule has 1 saturated carbocycles. The molecule has 1 aromatic carbocycles. The van der Waals surface area contributed by atoms with E-state index in [-0.39, 0.29) is 17.6 Å². The maximum absolute atomic E-state index is 12.5. The van der Waals surface area contributed by atoms with E-state index in [1.165, 1.54) is 19.3 Å². The molecule has 2 amide bonds. The van der Waals surface area contributed by atoms with Gasteiger partial charge in [0, 0.05) is 36.7 Å². The van der Waals surface area contributed by atoms with E-state index in [1.807, 2.05) is 12.1 Å². The Morgan fingerprint density at radius 2 is 2.00 bits per heavy atom. The van der Waals surface area contributed by atoms with Gasteiger partial charge in [0.15, 0.2) is 5.78 Å². The van der Waals surface area contributed by atoms with E-state index in [4.69, 9.17) is 0 Å². The monoisotopic (exact) mass is 384 g/mol. The van der Waals surface area contributed by atoms with E-state index in [0.29, 0.717) is 25.1 Å². The maximum atomic E-state index is 12.5. The van der Waals surface area contributed by atoms with Crippen LogP contribution in [0.1, 0.15) is 74.2 Å². The first-order chi connectivity index (χ1) is 13.6. The number of anilines is 1. The van der Waals surface area contributed by atoms with Crippen LogP contribution in [0, 0.1) is 11.8 Å². The minimum Gasteiger partial charge on any atom is -0.355 e. The second-order valence-corrected chi connectivity index (χ2v) is 8.22. The molecule has 1 aliphatic heterocycles. The summed E-state index contributed by atoms with van der Waals surface area (Å²) in [4.78, 5) is 37.5. The zero-order valence-corrected chi connectivity index (χ0v) is 16.9. The molecule has 3 rings (SSSR count). The number of Topliss-reactive ketones (excluding diaryl/α,β-unsaturated/α-hetero) is 1. The molecule has 1 fully saturated rings. The summed E-state index contributed by atoms with van der Waals surface area (Å²) < 4.78 is 0. The summed E-state index contributed by atoms with van der Waals surface area (Å²) in [5.74, 6) is 1.05. The highest BCUT2D eigenvalue weighted by atomic mass is 16.2. The Morgan fingerprint density at radius 3 is 2.71 bits per heavy atom. The van der Waals surface area contributed by atoms with Crippen LogP contribution in [0.5, 0.6) is 0 Å². The minimum absolute atomic E-state index is 0.0379. The van der Waals surface area contributed by atoms with Crippen LogP contribution in [0.2, 0.25) is 0 Å². The van der Waals surface area contributed by atoms with Crippen molar-refractivity contribution in [3.05, 3.63) is 29.3 Å². The summed E-state index contributed by atoms with van der Waals surface area (Å²) in [7, 11) is 0. The molecule has 0 radical (unpaired) electrons. The zero-order valence-electron chi connectivity index (χ0n) is 16.9. The number of nitrogens with zero attached hydrogens (tertiary/aromatic N) is 1. The molecule has 28 heavy (non-hydrogen) atoms. The average Bonchev–Trinajstić information content (AvgIpc) is 3.14. The quantitative estimate of drug-likeness (QED) is 0.519. The highest BCUT2D eigenvalue weighted by Crippen LogP contribution is 2.32. The van der Waals surface area contributed by atoms with Crippen LogP contribution in [0.3, 0.4) is 0 Å². The molecule has 2 aliphatic rings. The number of amides is 2. The lowest BCUT2D eigenvalue weighted by atomic mass is 9.79. The Kier molecular flexibility index (Phi) is 7.24. The van der Waals surface area contributed by atoms with Crippen molar-refractivity contribution in [2.75, 3.05) is 18.0 Å². The third kappa shape index (κ3) is 5.00. The van der Waals surface area contributed by atoms with Crippen molar-refractivity contribution in [2.45, 2.75) is 64.7 Å². The third-order valence-corrected chi connectivity index (χ3v) is 6.29. The van der Waals surface area contributed by atoms with Gasteiger partial charge >= 0.3 is 0 Å². The van der Waals surface area contributed by atoms with Gasteiger partial charge in [0.1, 0.15) is 0 Å². The van der Waals surface area contributed by atoms with Gasteiger partial charge in [-0.05, 0) is 61.8 Å². The number of hydrogen-bond donors (Lipinski definition) is 1. The van der Waals surface area contributed by atoms with E-state index in [0.717, 1.165) is 55.7 Å². The SMILES string of the molecule is CCCCC1CCC(C(=O)NCCC(=O)c2ccc3c(c2)CCN3C=O)CC1. The summed E-state index contributed by atoms with van der Waals surface area (Å²) in [5.41, 5.74) is 2.60. The highest BCUT2D eigenvalue weighted by Gasteiger charge is 2.26. The Balaban J connectivity index is 1.41. The van der Waals surface area contributed by atoms with Crippen molar-refractivity contribution in [3.63, 3.8) is 0 Å². The van der Waals surface area contributed by atoms with Crippen molar-refractivity contribution in [2.24, 2.45) is 11.8 Å². The fourth-order valence-electron chi connectivity index (χ4n) is 4.50. The Labute approximate surface area is 167 Å². The predicted octanol–water partition coefficient (Wildman–Crippen LogP) is 3.89. The molecule has 0 atom stereocenters. The molecule has 152 valence electrons. The van der Waals surface area contributed by atoms with E-state index >= 15 is 0 Å². The predicted molar refractivity (Wildman–Crippen MR) is 110 cm³/mol. The maximum Gasteiger partial charge on any atom is 0.223 e. The number of fused-ring (bicyclic) bond motifs is 1. The first kappa shape index (κ1) is 20.6. The fourth-order valence-corrected chi connectivity index (χ4v) is 4.50. The summed E-state index contributed by atoms with van der Waals surface area (Å²) in [6, 6.07) is 5.52.